The Hall–Kier alpha value is -5.06. The summed E-state index contributed by atoms with van der Waals surface area (Å²) in [6.07, 6.45) is 0. The molecule has 0 aliphatic heterocycles. The van der Waals surface area contributed by atoms with Crippen LogP contribution in [0.2, 0.25) is 0 Å². The van der Waals surface area contributed by atoms with Gasteiger partial charge in [0.05, 0.1) is 39.8 Å². The number of nitrogens with zero attached hydrogens (tertiary/aromatic N) is 3. The molecule has 41 heavy (non-hydrogen) atoms. The normalized spacial score (nSPS) is 10.7. The SMILES string of the molecule is COc1cccc(-c2csc(NC(=O)c3sc4nc(N)c(C#N)c(-c5cc(OC)c(OC)c(OC)c5)c4c3N)n2)c1. The lowest BCUT2D eigenvalue weighted by Gasteiger charge is -2.16. The number of benzene rings is 2. The van der Waals surface area contributed by atoms with Crippen molar-refractivity contribution < 1.29 is 23.7 Å². The minimum absolute atomic E-state index is 0.000172. The molecule has 0 aliphatic carbocycles. The molecule has 0 unspecified atom stereocenters. The van der Waals surface area contributed by atoms with E-state index in [-0.39, 0.29) is 21.9 Å². The van der Waals surface area contributed by atoms with Gasteiger partial charge >= 0.3 is 0 Å². The van der Waals surface area contributed by atoms with E-state index >= 15 is 0 Å². The number of nitriles is 1. The summed E-state index contributed by atoms with van der Waals surface area (Å²) in [5.41, 5.74) is 15.5. The molecule has 13 heteroatoms. The largest absolute Gasteiger partial charge is 0.497 e. The van der Waals surface area contributed by atoms with Crippen LogP contribution in [0.4, 0.5) is 16.6 Å². The second kappa shape index (κ2) is 11.2. The first-order chi connectivity index (χ1) is 19.8. The number of pyridine rings is 1. The molecule has 2 aromatic carbocycles. The van der Waals surface area contributed by atoms with Crippen molar-refractivity contribution in [3.8, 4) is 51.5 Å². The van der Waals surface area contributed by atoms with Gasteiger partial charge in [0.25, 0.3) is 5.91 Å². The molecule has 0 saturated carbocycles. The third kappa shape index (κ3) is 4.90. The van der Waals surface area contributed by atoms with Gasteiger partial charge in [0.1, 0.15) is 32.9 Å². The van der Waals surface area contributed by atoms with Crippen LogP contribution in [0.25, 0.3) is 32.6 Å². The molecule has 0 saturated heterocycles. The Kier molecular flexibility index (Phi) is 7.52. The first kappa shape index (κ1) is 27.5. The lowest BCUT2D eigenvalue weighted by atomic mass is 9.96. The average molecular weight is 589 g/mol. The number of hydrogen-bond acceptors (Lipinski definition) is 12. The highest BCUT2D eigenvalue weighted by molar-refractivity contribution is 7.21. The van der Waals surface area contributed by atoms with Gasteiger partial charge in [0.2, 0.25) is 5.75 Å². The maximum Gasteiger partial charge on any atom is 0.269 e. The van der Waals surface area contributed by atoms with E-state index in [4.69, 9.17) is 30.4 Å². The lowest BCUT2D eigenvalue weighted by molar-refractivity contribution is 0.103. The van der Waals surface area contributed by atoms with Crippen molar-refractivity contribution in [3.63, 3.8) is 0 Å². The van der Waals surface area contributed by atoms with E-state index in [2.05, 4.69) is 21.4 Å². The molecule has 0 aliphatic rings. The first-order valence-electron chi connectivity index (χ1n) is 12.0. The van der Waals surface area contributed by atoms with Crippen LogP contribution in [-0.4, -0.2) is 44.3 Å². The second-order valence-corrected chi connectivity index (χ2v) is 10.4. The predicted molar refractivity (Wildman–Crippen MR) is 160 cm³/mol. The summed E-state index contributed by atoms with van der Waals surface area (Å²) in [7, 11) is 6.06. The molecule has 5 aromatic rings. The number of hydrogen-bond donors (Lipinski definition) is 3. The summed E-state index contributed by atoms with van der Waals surface area (Å²) in [4.78, 5) is 22.9. The standard InChI is InChI=1S/C28H24N6O5S2/c1-36-15-7-5-6-13(8-15)17-12-40-28(32-17)34-26(35)24-22(30)21-20(16(11-29)25(31)33-27(21)41-24)14-9-18(37-2)23(39-4)19(10-14)38-3/h5-10,12H,30H2,1-4H3,(H2,31,33)(H,32,34,35). The van der Waals surface area contributed by atoms with Crippen LogP contribution in [0, 0.1) is 11.3 Å². The maximum absolute atomic E-state index is 13.4. The Morgan fingerprint density at radius 2 is 1.71 bits per heavy atom. The summed E-state index contributed by atoms with van der Waals surface area (Å²) in [5, 5.41) is 15.5. The minimum Gasteiger partial charge on any atom is -0.497 e. The van der Waals surface area contributed by atoms with Gasteiger partial charge in [-0.1, -0.05) is 12.1 Å². The fourth-order valence-electron chi connectivity index (χ4n) is 4.37. The van der Waals surface area contributed by atoms with Crippen LogP contribution < -0.4 is 35.7 Å². The van der Waals surface area contributed by atoms with Gasteiger partial charge in [-0.3, -0.25) is 10.1 Å². The zero-order valence-corrected chi connectivity index (χ0v) is 24.0. The smallest absolute Gasteiger partial charge is 0.269 e. The first-order valence-corrected chi connectivity index (χ1v) is 13.7. The van der Waals surface area contributed by atoms with Crippen LogP contribution in [0.3, 0.4) is 0 Å². The van der Waals surface area contributed by atoms with E-state index < -0.39 is 5.91 Å². The summed E-state index contributed by atoms with van der Waals surface area (Å²) < 4.78 is 21.7. The Morgan fingerprint density at radius 3 is 2.34 bits per heavy atom. The number of amides is 1. The van der Waals surface area contributed by atoms with E-state index in [1.807, 2.05) is 29.6 Å². The Bertz CT molecular complexity index is 1820. The van der Waals surface area contributed by atoms with E-state index in [0.29, 0.717) is 55.2 Å². The molecule has 0 fully saturated rings. The quantitative estimate of drug-likeness (QED) is 0.213. The molecular weight excluding hydrogens is 564 g/mol. The van der Waals surface area contributed by atoms with Crippen molar-refractivity contribution in [3.05, 3.63) is 52.2 Å². The number of carbonyl (C=O) groups excluding carboxylic acids is 1. The molecule has 0 radical (unpaired) electrons. The van der Waals surface area contributed by atoms with Gasteiger partial charge < -0.3 is 30.4 Å². The van der Waals surface area contributed by atoms with Gasteiger partial charge in [-0.15, -0.1) is 22.7 Å². The molecular formula is C28H24N6O5S2. The Labute approximate surface area is 242 Å². The fourth-order valence-corrected chi connectivity index (χ4v) is 6.09. The summed E-state index contributed by atoms with van der Waals surface area (Å²) in [6, 6.07) is 13.0. The van der Waals surface area contributed by atoms with Gasteiger partial charge in [0, 0.05) is 21.9 Å². The van der Waals surface area contributed by atoms with Crippen molar-refractivity contribution in [2.24, 2.45) is 0 Å². The van der Waals surface area contributed by atoms with Crippen LogP contribution >= 0.6 is 22.7 Å². The molecule has 1 amide bonds. The Balaban J connectivity index is 1.59. The van der Waals surface area contributed by atoms with E-state index in [9.17, 15) is 10.1 Å². The zero-order valence-electron chi connectivity index (χ0n) is 22.4. The van der Waals surface area contributed by atoms with Crippen molar-refractivity contribution in [2.45, 2.75) is 0 Å². The molecule has 3 aromatic heterocycles. The van der Waals surface area contributed by atoms with Gasteiger partial charge in [-0.05, 0) is 29.8 Å². The van der Waals surface area contributed by atoms with Gasteiger partial charge in [0.15, 0.2) is 16.6 Å². The van der Waals surface area contributed by atoms with Crippen LogP contribution in [0.15, 0.2) is 41.8 Å². The highest BCUT2D eigenvalue weighted by Crippen LogP contribution is 2.47. The summed E-state index contributed by atoms with van der Waals surface area (Å²) in [6.45, 7) is 0. The number of nitrogen functional groups attached to an aromatic ring is 2. The Morgan fingerprint density at radius 1 is 0.976 bits per heavy atom. The number of nitrogens with one attached hydrogen (secondary N) is 1. The molecule has 0 atom stereocenters. The van der Waals surface area contributed by atoms with E-state index in [1.165, 1.54) is 32.7 Å². The monoisotopic (exact) mass is 588 g/mol. The van der Waals surface area contributed by atoms with Crippen molar-refractivity contribution in [1.29, 1.82) is 5.26 Å². The third-order valence-electron chi connectivity index (χ3n) is 6.27. The van der Waals surface area contributed by atoms with Crippen molar-refractivity contribution in [1.82, 2.24) is 9.97 Å². The topological polar surface area (TPSA) is 168 Å². The number of anilines is 3. The number of ether oxygens (including phenoxy) is 4. The third-order valence-corrected chi connectivity index (χ3v) is 8.12. The van der Waals surface area contributed by atoms with E-state index in [0.717, 1.165) is 16.9 Å². The number of thiophene rings is 1. The van der Waals surface area contributed by atoms with Crippen molar-refractivity contribution >= 4 is 55.4 Å². The van der Waals surface area contributed by atoms with Gasteiger partial charge in [-0.2, -0.15) is 5.26 Å². The highest BCUT2D eigenvalue weighted by Gasteiger charge is 2.26. The molecule has 5 rings (SSSR count). The lowest BCUT2D eigenvalue weighted by Crippen LogP contribution is -2.11. The van der Waals surface area contributed by atoms with Crippen molar-refractivity contribution in [2.75, 3.05) is 45.2 Å². The number of nitrogens with two attached hydrogens (primary N) is 2. The zero-order chi connectivity index (χ0) is 29.3. The second-order valence-electron chi connectivity index (χ2n) is 8.52. The molecule has 5 N–H and O–H groups in total. The fraction of sp³-hybridized carbons (Fsp3) is 0.143. The number of aromatic nitrogens is 2. The molecule has 208 valence electrons. The minimum atomic E-state index is -0.468. The van der Waals surface area contributed by atoms with Gasteiger partial charge in [-0.25, -0.2) is 9.97 Å². The van der Waals surface area contributed by atoms with E-state index in [1.54, 1.807) is 19.2 Å². The number of fused-ring (bicyclic) bond motifs is 1. The maximum atomic E-state index is 13.4. The number of thiazole rings is 1. The van der Waals surface area contributed by atoms with Crippen LogP contribution in [-0.2, 0) is 0 Å². The number of rotatable bonds is 8. The van der Waals surface area contributed by atoms with Crippen LogP contribution in [0.1, 0.15) is 15.2 Å². The highest BCUT2D eigenvalue weighted by atomic mass is 32.1. The molecule has 11 nitrogen and oxygen atoms in total. The molecule has 3 heterocycles. The number of carbonyl (C=O) groups is 1. The molecule has 0 spiro atoms. The predicted octanol–water partition coefficient (Wildman–Crippen LogP) is 5.41. The summed E-state index contributed by atoms with van der Waals surface area (Å²) in [5.74, 6) is 1.36. The number of methoxy groups -OCH3 is 4. The summed E-state index contributed by atoms with van der Waals surface area (Å²) >= 11 is 2.34. The molecule has 0 bridgehead atoms. The average Bonchev–Trinajstić information content (AvgIpc) is 3.59. The van der Waals surface area contributed by atoms with Crippen LogP contribution in [0.5, 0.6) is 23.0 Å².